The Labute approximate surface area is 102 Å². The molecule has 4 N–H and O–H groups in total. The third kappa shape index (κ3) is 3.74. The number of carbonyl (C=O) groups is 1. The minimum absolute atomic E-state index is 0.0742. The SMILES string of the molecule is CCN(CC)CC(C)NC(=O)c1[nH]ncc1N. The molecule has 6 heteroatoms. The van der Waals surface area contributed by atoms with Gasteiger partial charge in [0.05, 0.1) is 11.9 Å². The van der Waals surface area contributed by atoms with Gasteiger partial charge in [-0.15, -0.1) is 0 Å². The van der Waals surface area contributed by atoms with E-state index in [0.717, 1.165) is 19.6 Å². The summed E-state index contributed by atoms with van der Waals surface area (Å²) in [6.45, 7) is 8.96. The number of carbonyl (C=O) groups excluding carboxylic acids is 1. The van der Waals surface area contributed by atoms with E-state index in [1.54, 1.807) is 0 Å². The van der Waals surface area contributed by atoms with Gasteiger partial charge in [0.25, 0.3) is 5.91 Å². The van der Waals surface area contributed by atoms with Crippen molar-refractivity contribution in [2.75, 3.05) is 25.4 Å². The van der Waals surface area contributed by atoms with E-state index in [1.807, 2.05) is 6.92 Å². The minimum atomic E-state index is -0.209. The van der Waals surface area contributed by atoms with Crippen molar-refractivity contribution >= 4 is 11.6 Å². The van der Waals surface area contributed by atoms with Crippen LogP contribution in [0.3, 0.4) is 0 Å². The summed E-state index contributed by atoms with van der Waals surface area (Å²) in [5, 5.41) is 9.20. The lowest BCUT2D eigenvalue weighted by Gasteiger charge is -2.23. The number of H-pyrrole nitrogens is 1. The molecule has 1 amide bonds. The molecule has 0 aliphatic carbocycles. The Morgan fingerprint density at radius 2 is 2.24 bits per heavy atom. The average molecular weight is 239 g/mol. The van der Waals surface area contributed by atoms with Crippen LogP contribution in [-0.2, 0) is 0 Å². The second kappa shape index (κ2) is 6.24. The van der Waals surface area contributed by atoms with Crippen molar-refractivity contribution in [1.29, 1.82) is 0 Å². The van der Waals surface area contributed by atoms with Crippen LogP contribution < -0.4 is 11.1 Å². The fraction of sp³-hybridized carbons (Fsp3) is 0.636. The van der Waals surface area contributed by atoms with E-state index in [2.05, 4.69) is 34.3 Å². The molecule has 1 heterocycles. The van der Waals surface area contributed by atoms with Crippen LogP contribution in [-0.4, -0.2) is 46.7 Å². The van der Waals surface area contributed by atoms with Gasteiger partial charge < -0.3 is 16.0 Å². The number of likely N-dealkylation sites (N-methyl/N-ethyl adjacent to an activating group) is 1. The highest BCUT2D eigenvalue weighted by Crippen LogP contribution is 2.05. The summed E-state index contributed by atoms with van der Waals surface area (Å²) < 4.78 is 0. The molecular formula is C11H21N5O. The number of nitrogens with two attached hydrogens (primary N) is 1. The van der Waals surface area contributed by atoms with E-state index < -0.39 is 0 Å². The molecule has 0 aliphatic rings. The van der Waals surface area contributed by atoms with E-state index in [9.17, 15) is 4.79 Å². The molecule has 1 atom stereocenters. The van der Waals surface area contributed by atoms with Gasteiger partial charge >= 0.3 is 0 Å². The first-order chi connectivity index (χ1) is 8.08. The molecular weight excluding hydrogens is 218 g/mol. The lowest BCUT2D eigenvalue weighted by molar-refractivity contribution is 0.0926. The van der Waals surface area contributed by atoms with Crippen LogP contribution in [0, 0.1) is 0 Å². The number of aromatic nitrogens is 2. The molecule has 6 nitrogen and oxygen atoms in total. The monoisotopic (exact) mass is 239 g/mol. The lowest BCUT2D eigenvalue weighted by atomic mass is 10.2. The molecule has 96 valence electrons. The van der Waals surface area contributed by atoms with Crippen molar-refractivity contribution in [2.45, 2.75) is 26.8 Å². The van der Waals surface area contributed by atoms with E-state index in [-0.39, 0.29) is 11.9 Å². The predicted octanol–water partition coefficient (Wildman–Crippen LogP) is 0.452. The normalized spacial score (nSPS) is 12.7. The summed E-state index contributed by atoms with van der Waals surface area (Å²) in [6.07, 6.45) is 1.43. The van der Waals surface area contributed by atoms with Crippen molar-refractivity contribution in [3.63, 3.8) is 0 Å². The van der Waals surface area contributed by atoms with Gasteiger partial charge in [-0.2, -0.15) is 5.10 Å². The Kier molecular flexibility index (Phi) is 4.96. The molecule has 1 aromatic rings. The maximum Gasteiger partial charge on any atom is 0.271 e. The van der Waals surface area contributed by atoms with Gasteiger partial charge in [-0.3, -0.25) is 9.89 Å². The Balaban J connectivity index is 2.49. The molecule has 17 heavy (non-hydrogen) atoms. The molecule has 0 aliphatic heterocycles. The van der Waals surface area contributed by atoms with Crippen LogP contribution in [0.15, 0.2) is 6.20 Å². The van der Waals surface area contributed by atoms with E-state index in [4.69, 9.17) is 5.73 Å². The first-order valence-electron chi connectivity index (χ1n) is 5.90. The summed E-state index contributed by atoms with van der Waals surface area (Å²) in [5.41, 5.74) is 6.31. The van der Waals surface area contributed by atoms with Crippen LogP contribution in [0.2, 0.25) is 0 Å². The topological polar surface area (TPSA) is 87.0 Å². The van der Waals surface area contributed by atoms with Crippen LogP contribution in [0.25, 0.3) is 0 Å². The van der Waals surface area contributed by atoms with Gasteiger partial charge in [0, 0.05) is 12.6 Å². The van der Waals surface area contributed by atoms with Crippen LogP contribution in [0.1, 0.15) is 31.3 Å². The van der Waals surface area contributed by atoms with Crippen molar-refractivity contribution in [3.05, 3.63) is 11.9 Å². The van der Waals surface area contributed by atoms with E-state index in [1.165, 1.54) is 6.20 Å². The number of nitrogens with one attached hydrogen (secondary N) is 2. The Morgan fingerprint density at radius 1 is 1.59 bits per heavy atom. The number of aromatic amines is 1. The smallest absolute Gasteiger partial charge is 0.271 e. The second-order valence-corrected chi connectivity index (χ2v) is 4.06. The Morgan fingerprint density at radius 3 is 2.71 bits per heavy atom. The maximum atomic E-state index is 11.8. The zero-order chi connectivity index (χ0) is 12.8. The van der Waals surface area contributed by atoms with Crippen molar-refractivity contribution in [1.82, 2.24) is 20.4 Å². The number of amides is 1. The van der Waals surface area contributed by atoms with Gasteiger partial charge in [-0.25, -0.2) is 0 Å². The highest BCUT2D eigenvalue weighted by atomic mass is 16.2. The second-order valence-electron chi connectivity index (χ2n) is 4.06. The van der Waals surface area contributed by atoms with E-state index >= 15 is 0 Å². The molecule has 1 unspecified atom stereocenters. The van der Waals surface area contributed by atoms with Crippen LogP contribution in [0.5, 0.6) is 0 Å². The van der Waals surface area contributed by atoms with Crippen molar-refractivity contribution < 1.29 is 4.79 Å². The summed E-state index contributed by atoms with van der Waals surface area (Å²) in [5.74, 6) is -0.209. The van der Waals surface area contributed by atoms with Gasteiger partial charge in [0.1, 0.15) is 5.69 Å². The number of nitrogen functional groups attached to an aromatic ring is 1. The third-order valence-electron chi connectivity index (χ3n) is 2.70. The predicted molar refractivity (Wildman–Crippen MR) is 67.7 cm³/mol. The summed E-state index contributed by atoms with van der Waals surface area (Å²) in [7, 11) is 0. The van der Waals surface area contributed by atoms with Crippen LogP contribution in [0.4, 0.5) is 5.69 Å². The summed E-state index contributed by atoms with van der Waals surface area (Å²) in [6, 6.07) is 0.0742. The first kappa shape index (κ1) is 13.5. The number of hydrogen-bond donors (Lipinski definition) is 3. The molecule has 0 fully saturated rings. The zero-order valence-corrected chi connectivity index (χ0v) is 10.7. The molecule has 0 aromatic carbocycles. The number of nitrogens with zero attached hydrogens (tertiary/aromatic N) is 2. The van der Waals surface area contributed by atoms with Gasteiger partial charge in [0.2, 0.25) is 0 Å². The standard InChI is InChI=1S/C11H21N5O/c1-4-16(5-2)7-8(3)14-11(17)10-9(12)6-13-15-10/h6,8H,4-5,7,12H2,1-3H3,(H,13,15)(H,14,17). The average Bonchev–Trinajstić information content (AvgIpc) is 2.72. The van der Waals surface area contributed by atoms with E-state index in [0.29, 0.717) is 11.4 Å². The molecule has 0 saturated heterocycles. The third-order valence-corrected chi connectivity index (χ3v) is 2.70. The highest BCUT2D eigenvalue weighted by molar-refractivity contribution is 5.97. The largest absolute Gasteiger partial charge is 0.396 e. The fourth-order valence-corrected chi connectivity index (χ4v) is 1.69. The van der Waals surface area contributed by atoms with Crippen LogP contribution >= 0.6 is 0 Å². The van der Waals surface area contributed by atoms with Gasteiger partial charge in [-0.1, -0.05) is 13.8 Å². The van der Waals surface area contributed by atoms with Gasteiger partial charge in [0.15, 0.2) is 0 Å². The molecule has 0 spiro atoms. The lowest BCUT2D eigenvalue weighted by Crippen LogP contribution is -2.42. The number of rotatable bonds is 6. The number of hydrogen-bond acceptors (Lipinski definition) is 4. The zero-order valence-electron chi connectivity index (χ0n) is 10.7. The molecule has 1 aromatic heterocycles. The molecule has 0 radical (unpaired) electrons. The molecule has 0 saturated carbocycles. The maximum absolute atomic E-state index is 11.8. The quantitative estimate of drug-likeness (QED) is 0.672. The Bertz CT molecular complexity index is 358. The first-order valence-corrected chi connectivity index (χ1v) is 5.90. The molecule has 0 bridgehead atoms. The molecule has 1 rings (SSSR count). The highest BCUT2D eigenvalue weighted by Gasteiger charge is 2.15. The van der Waals surface area contributed by atoms with Gasteiger partial charge in [-0.05, 0) is 20.0 Å². The Hall–Kier alpha value is -1.56. The summed E-state index contributed by atoms with van der Waals surface area (Å²) >= 11 is 0. The minimum Gasteiger partial charge on any atom is -0.396 e. The van der Waals surface area contributed by atoms with Crippen molar-refractivity contribution in [2.24, 2.45) is 0 Å². The fourth-order valence-electron chi connectivity index (χ4n) is 1.69. The summed E-state index contributed by atoms with van der Waals surface area (Å²) in [4.78, 5) is 14.1. The van der Waals surface area contributed by atoms with Crippen molar-refractivity contribution in [3.8, 4) is 0 Å². The number of anilines is 1.